The smallest absolute Gasteiger partial charge is 0.185 e. The van der Waals surface area contributed by atoms with E-state index in [0.717, 1.165) is 5.82 Å². The Morgan fingerprint density at radius 1 is 1.73 bits per heavy atom. The number of aromatic nitrogens is 2. The fourth-order valence-electron chi connectivity index (χ4n) is 0.675. The van der Waals surface area contributed by atoms with Crippen LogP contribution in [0.15, 0.2) is 12.4 Å². The number of hydrogen-bond acceptors (Lipinski definition) is 1. The third kappa shape index (κ3) is 2.28. The standard InChI is InChI=1S/C8H9ClN2/c1-11-7-6-10-8(11)4-2-3-5-9/h6-7H,3,5H2,1H3. The second kappa shape index (κ2) is 4.05. The van der Waals surface area contributed by atoms with Crippen molar-refractivity contribution in [2.45, 2.75) is 6.42 Å². The van der Waals surface area contributed by atoms with Gasteiger partial charge in [0, 0.05) is 31.7 Å². The Hall–Kier alpha value is -0.940. The number of halogens is 1. The zero-order valence-corrected chi connectivity index (χ0v) is 7.10. The van der Waals surface area contributed by atoms with E-state index in [0.29, 0.717) is 12.3 Å². The quantitative estimate of drug-likeness (QED) is 0.458. The molecular formula is C8H9ClN2. The first-order valence-electron chi connectivity index (χ1n) is 3.36. The highest BCUT2D eigenvalue weighted by atomic mass is 35.5. The van der Waals surface area contributed by atoms with Gasteiger partial charge in [-0.2, -0.15) is 0 Å². The number of aryl methyl sites for hydroxylation is 1. The van der Waals surface area contributed by atoms with Crippen LogP contribution in [0.25, 0.3) is 0 Å². The minimum absolute atomic E-state index is 0.581. The van der Waals surface area contributed by atoms with E-state index in [4.69, 9.17) is 11.6 Å². The van der Waals surface area contributed by atoms with Crippen LogP contribution in [0.2, 0.25) is 0 Å². The van der Waals surface area contributed by atoms with E-state index >= 15 is 0 Å². The second-order valence-electron chi connectivity index (χ2n) is 2.10. The molecule has 0 fully saturated rings. The third-order valence-electron chi connectivity index (χ3n) is 1.24. The Kier molecular flexibility index (Phi) is 3.00. The van der Waals surface area contributed by atoms with Gasteiger partial charge in [0.05, 0.1) is 0 Å². The van der Waals surface area contributed by atoms with Gasteiger partial charge in [-0.05, 0) is 5.92 Å². The van der Waals surface area contributed by atoms with Crippen molar-refractivity contribution < 1.29 is 0 Å². The average molecular weight is 169 g/mol. The van der Waals surface area contributed by atoms with E-state index in [-0.39, 0.29) is 0 Å². The lowest BCUT2D eigenvalue weighted by Gasteiger charge is -1.88. The van der Waals surface area contributed by atoms with Crippen LogP contribution in [0.4, 0.5) is 0 Å². The maximum absolute atomic E-state index is 5.45. The van der Waals surface area contributed by atoms with Crippen LogP contribution >= 0.6 is 11.6 Å². The van der Waals surface area contributed by atoms with Crippen LogP contribution in [0.5, 0.6) is 0 Å². The fourth-order valence-corrected chi connectivity index (χ4v) is 0.769. The highest BCUT2D eigenvalue weighted by Gasteiger charge is 1.89. The molecule has 0 saturated heterocycles. The first-order chi connectivity index (χ1) is 5.34. The second-order valence-corrected chi connectivity index (χ2v) is 2.48. The van der Waals surface area contributed by atoms with Gasteiger partial charge in [-0.15, -0.1) is 11.6 Å². The van der Waals surface area contributed by atoms with Gasteiger partial charge in [0.1, 0.15) is 0 Å². The van der Waals surface area contributed by atoms with Crippen molar-refractivity contribution in [2.75, 3.05) is 5.88 Å². The van der Waals surface area contributed by atoms with E-state index in [1.165, 1.54) is 0 Å². The molecule has 0 aliphatic rings. The summed E-state index contributed by atoms with van der Waals surface area (Å²) in [6.45, 7) is 0. The van der Waals surface area contributed by atoms with E-state index in [9.17, 15) is 0 Å². The molecule has 1 aromatic rings. The molecule has 0 bridgehead atoms. The molecule has 3 heteroatoms. The molecular weight excluding hydrogens is 160 g/mol. The van der Waals surface area contributed by atoms with Gasteiger partial charge < -0.3 is 4.57 Å². The van der Waals surface area contributed by atoms with E-state index in [1.54, 1.807) is 6.20 Å². The summed E-state index contributed by atoms with van der Waals surface area (Å²) in [5, 5.41) is 0. The summed E-state index contributed by atoms with van der Waals surface area (Å²) in [5.41, 5.74) is 0. The van der Waals surface area contributed by atoms with Crippen LogP contribution in [-0.4, -0.2) is 15.4 Å². The lowest BCUT2D eigenvalue weighted by molar-refractivity contribution is 0.893. The molecule has 1 aromatic heterocycles. The van der Waals surface area contributed by atoms with Crippen LogP contribution in [0.3, 0.4) is 0 Å². The summed E-state index contributed by atoms with van der Waals surface area (Å²) < 4.78 is 1.88. The van der Waals surface area contributed by atoms with Crippen molar-refractivity contribution in [1.29, 1.82) is 0 Å². The molecule has 0 aliphatic carbocycles. The van der Waals surface area contributed by atoms with Gasteiger partial charge in [-0.25, -0.2) is 4.98 Å². The van der Waals surface area contributed by atoms with Crippen molar-refractivity contribution in [3.05, 3.63) is 18.2 Å². The van der Waals surface area contributed by atoms with Crippen molar-refractivity contribution >= 4 is 11.6 Å². The number of alkyl halides is 1. The molecule has 2 nitrogen and oxygen atoms in total. The molecule has 0 spiro atoms. The summed E-state index contributed by atoms with van der Waals surface area (Å²) in [5.74, 6) is 7.19. The molecule has 0 aliphatic heterocycles. The van der Waals surface area contributed by atoms with Crippen molar-refractivity contribution in [3.8, 4) is 11.8 Å². The van der Waals surface area contributed by atoms with Gasteiger partial charge in [-0.3, -0.25) is 0 Å². The lowest BCUT2D eigenvalue weighted by atomic mass is 10.4. The van der Waals surface area contributed by atoms with Crippen molar-refractivity contribution in [3.63, 3.8) is 0 Å². The van der Waals surface area contributed by atoms with Crippen LogP contribution in [0, 0.1) is 11.8 Å². The Morgan fingerprint density at radius 3 is 3.09 bits per heavy atom. The maximum Gasteiger partial charge on any atom is 0.185 e. The number of imidazole rings is 1. The topological polar surface area (TPSA) is 17.8 Å². The highest BCUT2D eigenvalue weighted by molar-refractivity contribution is 6.18. The Labute approximate surface area is 71.2 Å². The Balaban J connectivity index is 2.65. The van der Waals surface area contributed by atoms with Gasteiger partial charge in [0.15, 0.2) is 5.82 Å². The molecule has 0 amide bonds. The molecule has 58 valence electrons. The minimum atomic E-state index is 0.581. The molecule has 0 aromatic carbocycles. The zero-order chi connectivity index (χ0) is 8.10. The number of nitrogens with zero attached hydrogens (tertiary/aromatic N) is 2. The summed E-state index contributed by atoms with van der Waals surface area (Å²) in [6, 6.07) is 0. The van der Waals surface area contributed by atoms with Gasteiger partial charge in [0.25, 0.3) is 0 Å². The van der Waals surface area contributed by atoms with E-state index < -0.39 is 0 Å². The first-order valence-corrected chi connectivity index (χ1v) is 3.90. The molecule has 0 unspecified atom stereocenters. The molecule has 0 N–H and O–H groups in total. The van der Waals surface area contributed by atoms with Crippen molar-refractivity contribution in [1.82, 2.24) is 9.55 Å². The normalized spacial score (nSPS) is 8.91. The molecule has 1 rings (SSSR count). The number of hydrogen-bond donors (Lipinski definition) is 0. The van der Waals surface area contributed by atoms with Gasteiger partial charge >= 0.3 is 0 Å². The minimum Gasteiger partial charge on any atom is -0.327 e. The number of rotatable bonds is 1. The molecule has 0 atom stereocenters. The third-order valence-corrected chi connectivity index (χ3v) is 1.43. The van der Waals surface area contributed by atoms with Crippen LogP contribution in [0.1, 0.15) is 12.2 Å². The summed E-state index contributed by atoms with van der Waals surface area (Å²) >= 11 is 5.45. The zero-order valence-electron chi connectivity index (χ0n) is 6.34. The molecule has 0 saturated carbocycles. The van der Waals surface area contributed by atoms with E-state index in [1.807, 2.05) is 17.8 Å². The Morgan fingerprint density at radius 2 is 2.55 bits per heavy atom. The van der Waals surface area contributed by atoms with Crippen molar-refractivity contribution in [2.24, 2.45) is 7.05 Å². The van der Waals surface area contributed by atoms with E-state index in [2.05, 4.69) is 16.8 Å². The molecule has 1 heterocycles. The largest absolute Gasteiger partial charge is 0.327 e. The first kappa shape index (κ1) is 8.16. The van der Waals surface area contributed by atoms with Crippen LogP contribution in [-0.2, 0) is 7.05 Å². The monoisotopic (exact) mass is 168 g/mol. The van der Waals surface area contributed by atoms with Crippen LogP contribution < -0.4 is 0 Å². The highest BCUT2D eigenvalue weighted by Crippen LogP contribution is 1.90. The van der Waals surface area contributed by atoms with Gasteiger partial charge in [0.2, 0.25) is 0 Å². The molecule has 0 radical (unpaired) electrons. The SMILES string of the molecule is Cn1ccnc1C#CCCCl. The van der Waals surface area contributed by atoms with Gasteiger partial charge in [-0.1, -0.05) is 5.92 Å². The fraction of sp³-hybridized carbons (Fsp3) is 0.375. The average Bonchev–Trinajstić information content (AvgIpc) is 2.37. The lowest BCUT2D eigenvalue weighted by Crippen LogP contribution is -1.90. The summed E-state index contributed by atoms with van der Waals surface area (Å²) in [6.07, 6.45) is 4.31. The predicted octanol–water partition coefficient (Wildman–Crippen LogP) is 1.40. The Bertz CT molecular complexity index is 280. The molecule has 11 heavy (non-hydrogen) atoms. The summed E-state index contributed by atoms with van der Waals surface area (Å²) in [4.78, 5) is 4.03. The maximum atomic E-state index is 5.45. The summed E-state index contributed by atoms with van der Waals surface area (Å²) in [7, 11) is 1.91. The predicted molar refractivity (Wildman–Crippen MR) is 45.4 cm³/mol.